The summed E-state index contributed by atoms with van der Waals surface area (Å²) >= 11 is 0. The average molecular weight is 481 g/mol. The van der Waals surface area contributed by atoms with Gasteiger partial charge in [0.05, 0.1) is 24.2 Å². The van der Waals surface area contributed by atoms with Crippen LogP contribution in [-0.2, 0) is 22.7 Å². The number of rotatable bonds is 10. The molecular formula is C29H28N4O3. The highest BCUT2D eigenvalue weighted by molar-refractivity contribution is 6.03. The molecule has 0 bridgehead atoms. The fourth-order valence-corrected chi connectivity index (χ4v) is 3.62. The highest BCUT2D eigenvalue weighted by atomic mass is 16.3. The summed E-state index contributed by atoms with van der Waals surface area (Å²) in [4.78, 5) is 25.4. The van der Waals surface area contributed by atoms with Crippen LogP contribution in [0.4, 0.5) is 11.4 Å². The predicted molar refractivity (Wildman–Crippen MR) is 142 cm³/mol. The lowest BCUT2D eigenvalue weighted by Gasteiger charge is -2.19. The number of benzene rings is 3. The first-order chi connectivity index (χ1) is 17.6. The van der Waals surface area contributed by atoms with Gasteiger partial charge in [-0.25, -0.2) is 0 Å². The Hall–Kier alpha value is -4.62. The summed E-state index contributed by atoms with van der Waals surface area (Å²) in [6.45, 7) is 0.835. The fourth-order valence-electron chi connectivity index (χ4n) is 3.62. The normalized spacial score (nSPS) is 11.8. The summed E-state index contributed by atoms with van der Waals surface area (Å²) in [5.74, 6) is 0.310. The van der Waals surface area contributed by atoms with Crippen molar-refractivity contribution in [2.45, 2.75) is 19.1 Å². The molecule has 0 saturated heterocycles. The molecular weight excluding hydrogens is 452 g/mol. The van der Waals surface area contributed by atoms with Crippen molar-refractivity contribution in [1.82, 2.24) is 10.6 Å². The summed E-state index contributed by atoms with van der Waals surface area (Å²) in [6, 6.07) is 27.4. The number of furan rings is 1. The van der Waals surface area contributed by atoms with Crippen molar-refractivity contribution >= 4 is 29.3 Å². The number of carbonyl (C=O) groups is 2. The van der Waals surface area contributed by atoms with Gasteiger partial charge in [0.15, 0.2) is 0 Å². The van der Waals surface area contributed by atoms with Crippen LogP contribution in [0.5, 0.6) is 0 Å². The molecule has 182 valence electrons. The Bertz CT molecular complexity index is 1300. The van der Waals surface area contributed by atoms with Crippen molar-refractivity contribution in [3.05, 3.63) is 126 Å². The van der Waals surface area contributed by atoms with Gasteiger partial charge in [-0.3, -0.25) is 14.9 Å². The minimum atomic E-state index is -0.582. The van der Waals surface area contributed by atoms with Gasteiger partial charge in [-0.1, -0.05) is 66.7 Å². The molecule has 2 amide bonds. The molecule has 0 aliphatic carbocycles. The average Bonchev–Trinajstić information content (AvgIpc) is 3.43. The van der Waals surface area contributed by atoms with Gasteiger partial charge >= 0.3 is 0 Å². The van der Waals surface area contributed by atoms with E-state index in [9.17, 15) is 9.59 Å². The number of nitrogens with two attached hydrogens (primary N) is 1. The summed E-state index contributed by atoms with van der Waals surface area (Å²) in [6.07, 6.45) is 4.75. The van der Waals surface area contributed by atoms with Gasteiger partial charge in [-0.05, 0) is 47.0 Å². The van der Waals surface area contributed by atoms with Crippen molar-refractivity contribution < 1.29 is 14.0 Å². The maximum Gasteiger partial charge on any atom is 0.248 e. The lowest BCUT2D eigenvalue weighted by molar-refractivity contribution is -0.123. The second-order valence-electron chi connectivity index (χ2n) is 8.17. The van der Waals surface area contributed by atoms with E-state index in [2.05, 4.69) is 16.0 Å². The second kappa shape index (κ2) is 12.2. The molecule has 7 nitrogen and oxygen atoms in total. The third-order valence-corrected chi connectivity index (χ3v) is 5.55. The van der Waals surface area contributed by atoms with E-state index < -0.39 is 6.04 Å². The predicted octanol–water partition coefficient (Wildman–Crippen LogP) is 4.66. The Morgan fingerprint density at radius 2 is 1.61 bits per heavy atom. The highest BCUT2D eigenvalue weighted by Crippen LogP contribution is 2.18. The van der Waals surface area contributed by atoms with Crippen LogP contribution in [0.1, 0.15) is 28.5 Å². The molecule has 1 unspecified atom stereocenters. The first-order valence-corrected chi connectivity index (χ1v) is 11.6. The standard InChI is InChI=1S/C29H28N4O3/c30-25-10-4-5-11-26(25)33-27(34)17-14-21-12-15-23(16-13-21)28(31-20-24-9-6-18-36-24)29(35)32-19-22-7-2-1-3-8-22/h1-18,28,31H,19-20,30H2,(H,32,35)(H,33,34). The van der Waals surface area contributed by atoms with Crippen molar-refractivity contribution in [2.75, 3.05) is 11.1 Å². The molecule has 5 N–H and O–H groups in total. The molecule has 0 saturated carbocycles. The number of carbonyl (C=O) groups excluding carboxylic acids is 2. The first kappa shape index (κ1) is 24.5. The third-order valence-electron chi connectivity index (χ3n) is 5.55. The molecule has 4 aromatic rings. The zero-order valence-electron chi connectivity index (χ0n) is 19.7. The van der Waals surface area contributed by atoms with Gasteiger partial charge in [-0.2, -0.15) is 0 Å². The topological polar surface area (TPSA) is 109 Å². The monoisotopic (exact) mass is 480 g/mol. The highest BCUT2D eigenvalue weighted by Gasteiger charge is 2.20. The fraction of sp³-hybridized carbons (Fsp3) is 0.103. The van der Waals surface area contributed by atoms with Crippen molar-refractivity contribution in [1.29, 1.82) is 0 Å². The maximum atomic E-state index is 13.1. The molecule has 1 atom stereocenters. The van der Waals surface area contributed by atoms with Gasteiger partial charge in [0.25, 0.3) is 0 Å². The minimum absolute atomic E-state index is 0.145. The molecule has 0 fully saturated rings. The molecule has 4 rings (SSSR count). The second-order valence-corrected chi connectivity index (χ2v) is 8.17. The summed E-state index contributed by atoms with van der Waals surface area (Å²) in [5.41, 5.74) is 9.58. The number of nitrogen functional groups attached to an aromatic ring is 1. The largest absolute Gasteiger partial charge is 0.468 e. The Kier molecular flexibility index (Phi) is 8.30. The Labute approximate surface area is 210 Å². The molecule has 1 aromatic heterocycles. The zero-order valence-corrected chi connectivity index (χ0v) is 19.7. The van der Waals surface area contributed by atoms with Crippen LogP contribution in [0, 0.1) is 0 Å². The number of hydrogen-bond acceptors (Lipinski definition) is 5. The molecule has 1 heterocycles. The van der Waals surface area contributed by atoms with E-state index in [0.29, 0.717) is 24.5 Å². The zero-order chi connectivity index (χ0) is 25.2. The number of amides is 2. The molecule has 0 radical (unpaired) electrons. The summed E-state index contributed by atoms with van der Waals surface area (Å²) in [5, 5.41) is 9.04. The van der Waals surface area contributed by atoms with Gasteiger partial charge < -0.3 is 20.8 Å². The quantitative estimate of drug-likeness (QED) is 0.195. The van der Waals surface area contributed by atoms with Gasteiger partial charge in [0.2, 0.25) is 11.8 Å². The Balaban J connectivity index is 1.42. The molecule has 0 aliphatic rings. The van der Waals surface area contributed by atoms with Crippen LogP contribution in [-0.4, -0.2) is 11.8 Å². The van der Waals surface area contributed by atoms with Crippen LogP contribution in [0.2, 0.25) is 0 Å². The minimum Gasteiger partial charge on any atom is -0.468 e. The van der Waals surface area contributed by atoms with E-state index in [4.69, 9.17) is 10.2 Å². The van der Waals surface area contributed by atoms with Crippen LogP contribution in [0.25, 0.3) is 6.08 Å². The number of anilines is 2. The Morgan fingerprint density at radius 3 is 2.33 bits per heavy atom. The van der Waals surface area contributed by atoms with Crippen LogP contribution in [0.15, 0.2) is 108 Å². The van der Waals surface area contributed by atoms with Crippen molar-refractivity contribution in [3.63, 3.8) is 0 Å². The van der Waals surface area contributed by atoms with Gasteiger partial charge in [-0.15, -0.1) is 0 Å². The van der Waals surface area contributed by atoms with Gasteiger partial charge in [0.1, 0.15) is 11.8 Å². The number of hydrogen-bond donors (Lipinski definition) is 4. The summed E-state index contributed by atoms with van der Waals surface area (Å²) in [7, 11) is 0. The van der Waals surface area contributed by atoms with E-state index in [1.807, 2.05) is 66.7 Å². The van der Waals surface area contributed by atoms with E-state index in [0.717, 1.165) is 22.5 Å². The van der Waals surface area contributed by atoms with Crippen molar-refractivity contribution in [3.8, 4) is 0 Å². The van der Waals surface area contributed by atoms with Crippen LogP contribution in [0.3, 0.4) is 0 Å². The number of nitrogens with one attached hydrogen (secondary N) is 3. The van der Waals surface area contributed by atoms with E-state index >= 15 is 0 Å². The van der Waals surface area contributed by atoms with Crippen LogP contribution >= 0.6 is 0 Å². The van der Waals surface area contributed by atoms with E-state index in [-0.39, 0.29) is 11.8 Å². The SMILES string of the molecule is Nc1ccccc1NC(=O)C=Cc1ccc(C(NCc2ccco2)C(=O)NCc2ccccc2)cc1. The lowest BCUT2D eigenvalue weighted by Crippen LogP contribution is -2.37. The van der Waals surface area contributed by atoms with Crippen molar-refractivity contribution in [2.24, 2.45) is 0 Å². The third kappa shape index (κ3) is 6.94. The van der Waals surface area contributed by atoms with Crippen LogP contribution < -0.4 is 21.7 Å². The molecule has 3 aromatic carbocycles. The van der Waals surface area contributed by atoms with E-state index in [1.54, 1.807) is 36.6 Å². The molecule has 0 aliphatic heterocycles. The maximum absolute atomic E-state index is 13.1. The smallest absolute Gasteiger partial charge is 0.248 e. The number of para-hydroxylation sites is 2. The summed E-state index contributed by atoms with van der Waals surface area (Å²) < 4.78 is 5.40. The van der Waals surface area contributed by atoms with Gasteiger partial charge in [0, 0.05) is 12.6 Å². The molecule has 36 heavy (non-hydrogen) atoms. The lowest BCUT2D eigenvalue weighted by atomic mass is 10.0. The van der Waals surface area contributed by atoms with E-state index in [1.165, 1.54) is 6.08 Å². The first-order valence-electron chi connectivity index (χ1n) is 11.6. The molecule has 0 spiro atoms. The Morgan fingerprint density at radius 1 is 0.861 bits per heavy atom. The molecule has 7 heteroatoms.